The Bertz CT molecular complexity index is 460. The predicted molar refractivity (Wildman–Crippen MR) is 71.7 cm³/mol. The Morgan fingerprint density at radius 3 is 3.00 bits per heavy atom. The van der Waals surface area contributed by atoms with Gasteiger partial charge in [-0.1, -0.05) is 0 Å². The fraction of sp³-hybridized carbons (Fsp3) is 0.615. The minimum atomic E-state index is -0.392. The van der Waals surface area contributed by atoms with Crippen LogP contribution in [-0.2, 0) is 4.74 Å². The summed E-state index contributed by atoms with van der Waals surface area (Å²) in [6, 6.07) is 2.04. The van der Waals surface area contributed by atoms with Crippen LogP contribution in [0.1, 0.15) is 31.5 Å². The van der Waals surface area contributed by atoms with Crippen LogP contribution >= 0.6 is 0 Å². The number of rotatable bonds is 4. The Hall–Kier alpha value is -2.07. The van der Waals surface area contributed by atoms with Gasteiger partial charge in [-0.2, -0.15) is 5.26 Å². The molecule has 0 aromatic carbocycles. The molecule has 1 amide bonds. The summed E-state index contributed by atoms with van der Waals surface area (Å²) in [4.78, 5) is 20.2. The third-order valence-corrected chi connectivity index (χ3v) is 3.38. The normalized spacial score (nSPS) is 17.5. The summed E-state index contributed by atoms with van der Waals surface area (Å²) < 4.78 is 4.98. The number of hydrogen-bond donors (Lipinski definition) is 2. The van der Waals surface area contributed by atoms with Gasteiger partial charge in [-0.05, 0) is 19.8 Å². The van der Waals surface area contributed by atoms with Crippen LogP contribution in [0.3, 0.4) is 0 Å². The van der Waals surface area contributed by atoms with Crippen LogP contribution in [0.2, 0.25) is 0 Å². The molecule has 1 aromatic heterocycles. The number of imidazole rings is 1. The van der Waals surface area contributed by atoms with Crippen molar-refractivity contribution in [3.8, 4) is 6.07 Å². The maximum Gasteiger partial charge on any atom is 0.409 e. The van der Waals surface area contributed by atoms with E-state index in [9.17, 15) is 10.1 Å². The van der Waals surface area contributed by atoms with Crippen LogP contribution in [0, 0.1) is 11.3 Å². The molecule has 2 N–H and O–H groups in total. The summed E-state index contributed by atoms with van der Waals surface area (Å²) >= 11 is 0. The second kappa shape index (κ2) is 6.91. The van der Waals surface area contributed by atoms with E-state index in [1.807, 2.05) is 0 Å². The predicted octanol–water partition coefficient (Wildman–Crippen LogP) is 1.18. The monoisotopic (exact) mass is 277 g/mol. The molecule has 2 heterocycles. The van der Waals surface area contributed by atoms with Gasteiger partial charge in [-0.15, -0.1) is 0 Å². The third kappa shape index (κ3) is 3.48. The number of nitriles is 1. The third-order valence-electron chi connectivity index (χ3n) is 3.38. The Morgan fingerprint density at radius 1 is 1.70 bits per heavy atom. The Kier molecular flexibility index (Phi) is 4.96. The molecule has 7 nitrogen and oxygen atoms in total. The van der Waals surface area contributed by atoms with E-state index in [4.69, 9.17) is 4.74 Å². The molecule has 1 atom stereocenters. The van der Waals surface area contributed by atoms with Crippen molar-refractivity contribution in [1.82, 2.24) is 20.2 Å². The standard InChI is InChI=1S/C13H19N5O2/c1-2-20-13(19)18-5-3-10(4-6-18)17-11(7-14)12-8-15-9-16-12/h8-11,17H,2-6H2,1H3,(H,15,16). The van der Waals surface area contributed by atoms with Crippen LogP contribution in [-0.4, -0.2) is 46.7 Å². The number of carbonyl (C=O) groups is 1. The van der Waals surface area contributed by atoms with Crippen molar-refractivity contribution in [2.45, 2.75) is 31.8 Å². The zero-order valence-corrected chi connectivity index (χ0v) is 11.5. The Balaban J connectivity index is 1.82. The number of aromatic nitrogens is 2. The largest absolute Gasteiger partial charge is 0.450 e. The molecule has 108 valence electrons. The summed E-state index contributed by atoms with van der Waals surface area (Å²) in [5.41, 5.74) is 0.764. The molecular weight excluding hydrogens is 258 g/mol. The van der Waals surface area contributed by atoms with Crippen molar-refractivity contribution in [3.63, 3.8) is 0 Å². The minimum Gasteiger partial charge on any atom is -0.450 e. The first-order valence-electron chi connectivity index (χ1n) is 6.80. The second-order valence-corrected chi connectivity index (χ2v) is 4.70. The molecule has 1 aromatic rings. The van der Waals surface area contributed by atoms with E-state index in [0.29, 0.717) is 19.7 Å². The highest BCUT2D eigenvalue weighted by molar-refractivity contribution is 5.67. The molecule has 1 aliphatic rings. The number of nitrogens with zero attached hydrogens (tertiary/aromatic N) is 3. The van der Waals surface area contributed by atoms with Crippen molar-refractivity contribution in [1.29, 1.82) is 5.26 Å². The summed E-state index contributed by atoms with van der Waals surface area (Å²) in [7, 11) is 0. The summed E-state index contributed by atoms with van der Waals surface area (Å²) in [5, 5.41) is 12.5. The van der Waals surface area contributed by atoms with Crippen LogP contribution < -0.4 is 5.32 Å². The molecule has 1 unspecified atom stereocenters. The highest BCUT2D eigenvalue weighted by Crippen LogP contribution is 2.16. The van der Waals surface area contributed by atoms with Gasteiger partial charge in [0, 0.05) is 19.1 Å². The van der Waals surface area contributed by atoms with Crippen molar-refractivity contribution in [2.24, 2.45) is 0 Å². The summed E-state index contributed by atoms with van der Waals surface area (Å²) in [6.07, 6.45) is 4.58. The molecule has 0 aliphatic carbocycles. The number of hydrogen-bond acceptors (Lipinski definition) is 5. The fourth-order valence-corrected chi connectivity index (χ4v) is 2.30. The number of carbonyl (C=O) groups excluding carboxylic acids is 1. The molecule has 0 saturated carbocycles. The number of ether oxygens (including phenoxy) is 1. The van der Waals surface area contributed by atoms with Gasteiger partial charge >= 0.3 is 6.09 Å². The highest BCUT2D eigenvalue weighted by atomic mass is 16.6. The van der Waals surface area contributed by atoms with E-state index in [2.05, 4.69) is 21.4 Å². The van der Waals surface area contributed by atoms with Crippen LogP contribution in [0.15, 0.2) is 12.5 Å². The lowest BCUT2D eigenvalue weighted by molar-refractivity contribution is 0.0946. The van der Waals surface area contributed by atoms with Crippen molar-refractivity contribution < 1.29 is 9.53 Å². The first-order chi connectivity index (χ1) is 9.74. The van der Waals surface area contributed by atoms with Gasteiger partial charge in [0.05, 0.1) is 30.9 Å². The number of H-pyrrole nitrogens is 1. The van der Waals surface area contributed by atoms with Crippen molar-refractivity contribution in [3.05, 3.63) is 18.2 Å². The van der Waals surface area contributed by atoms with E-state index in [-0.39, 0.29) is 12.1 Å². The zero-order chi connectivity index (χ0) is 14.4. The number of piperidine rings is 1. The maximum absolute atomic E-state index is 11.6. The van der Waals surface area contributed by atoms with Crippen LogP contribution in [0.4, 0.5) is 4.79 Å². The van der Waals surface area contributed by atoms with Crippen molar-refractivity contribution in [2.75, 3.05) is 19.7 Å². The lowest BCUT2D eigenvalue weighted by atomic mass is 10.0. The van der Waals surface area contributed by atoms with Crippen LogP contribution in [0.25, 0.3) is 0 Å². The molecule has 1 saturated heterocycles. The zero-order valence-electron chi connectivity index (χ0n) is 11.5. The second-order valence-electron chi connectivity index (χ2n) is 4.70. The molecule has 0 bridgehead atoms. The molecule has 1 aliphatic heterocycles. The van der Waals surface area contributed by atoms with Gasteiger partial charge in [0.1, 0.15) is 6.04 Å². The van der Waals surface area contributed by atoms with E-state index < -0.39 is 6.04 Å². The molecule has 1 fully saturated rings. The van der Waals surface area contributed by atoms with E-state index in [1.165, 1.54) is 0 Å². The Labute approximate surface area is 117 Å². The smallest absolute Gasteiger partial charge is 0.409 e. The van der Waals surface area contributed by atoms with Gasteiger partial charge in [0.15, 0.2) is 0 Å². The first kappa shape index (κ1) is 14.3. The fourth-order valence-electron chi connectivity index (χ4n) is 2.30. The molecule has 0 spiro atoms. The average molecular weight is 277 g/mol. The molecule has 2 rings (SSSR count). The first-order valence-corrected chi connectivity index (χ1v) is 6.80. The van der Waals surface area contributed by atoms with Crippen LogP contribution in [0.5, 0.6) is 0 Å². The lowest BCUT2D eigenvalue weighted by Crippen LogP contribution is -2.45. The minimum absolute atomic E-state index is 0.216. The van der Waals surface area contributed by atoms with Gasteiger partial charge in [-0.3, -0.25) is 5.32 Å². The topological polar surface area (TPSA) is 94.0 Å². The number of amides is 1. The quantitative estimate of drug-likeness (QED) is 0.862. The van der Waals surface area contributed by atoms with Gasteiger partial charge in [0.25, 0.3) is 0 Å². The molecule has 20 heavy (non-hydrogen) atoms. The van der Waals surface area contributed by atoms with E-state index in [1.54, 1.807) is 24.3 Å². The van der Waals surface area contributed by atoms with E-state index in [0.717, 1.165) is 18.5 Å². The number of nitrogens with one attached hydrogen (secondary N) is 2. The summed E-state index contributed by atoms with van der Waals surface area (Å²) in [6.45, 7) is 3.50. The molecular formula is C13H19N5O2. The number of likely N-dealkylation sites (tertiary alicyclic amines) is 1. The maximum atomic E-state index is 11.6. The van der Waals surface area contributed by atoms with Gasteiger partial charge in [-0.25, -0.2) is 9.78 Å². The SMILES string of the molecule is CCOC(=O)N1CCC(NC(C#N)c2cnc[nH]2)CC1. The molecule has 7 heteroatoms. The lowest BCUT2D eigenvalue weighted by Gasteiger charge is -2.32. The van der Waals surface area contributed by atoms with E-state index >= 15 is 0 Å². The number of aromatic amines is 1. The molecule has 0 radical (unpaired) electrons. The Morgan fingerprint density at radius 2 is 2.45 bits per heavy atom. The van der Waals surface area contributed by atoms with Gasteiger partial charge in [0.2, 0.25) is 0 Å². The average Bonchev–Trinajstić information content (AvgIpc) is 2.99. The summed E-state index contributed by atoms with van der Waals surface area (Å²) in [5.74, 6) is 0. The highest BCUT2D eigenvalue weighted by Gasteiger charge is 2.25. The van der Waals surface area contributed by atoms with Gasteiger partial charge < -0.3 is 14.6 Å². The van der Waals surface area contributed by atoms with Crippen molar-refractivity contribution >= 4 is 6.09 Å².